The maximum Gasteiger partial charge on any atom is 0.225 e. The van der Waals surface area contributed by atoms with Crippen LogP contribution in [0.2, 0.25) is 0 Å². The lowest BCUT2D eigenvalue weighted by molar-refractivity contribution is -0.129. The van der Waals surface area contributed by atoms with Gasteiger partial charge in [-0.05, 0) is 12.8 Å². The summed E-state index contributed by atoms with van der Waals surface area (Å²) < 4.78 is 0. The van der Waals surface area contributed by atoms with Crippen molar-refractivity contribution < 1.29 is 9.59 Å². The molecule has 2 heterocycles. The van der Waals surface area contributed by atoms with E-state index in [4.69, 9.17) is 0 Å². The van der Waals surface area contributed by atoms with Gasteiger partial charge in [0.05, 0.1) is 12.5 Å². The van der Waals surface area contributed by atoms with Crippen molar-refractivity contribution in [2.75, 3.05) is 6.54 Å². The molecule has 0 spiro atoms. The Morgan fingerprint density at radius 3 is 3.11 bits per heavy atom. The highest BCUT2D eigenvalue weighted by Gasteiger charge is 2.24. The molecule has 1 saturated heterocycles. The molecule has 18 heavy (non-hydrogen) atoms. The topological polar surface area (TPSA) is 71.1 Å². The monoisotopic (exact) mass is 267 g/mol. The molecule has 1 aliphatic rings. The molecule has 6 heteroatoms. The van der Waals surface area contributed by atoms with E-state index in [1.54, 1.807) is 11.3 Å². The largest absolute Gasteiger partial charge is 0.355 e. The van der Waals surface area contributed by atoms with E-state index >= 15 is 0 Å². The number of rotatable bonds is 4. The van der Waals surface area contributed by atoms with Gasteiger partial charge in [0, 0.05) is 24.0 Å². The molecule has 0 saturated carbocycles. The van der Waals surface area contributed by atoms with Crippen molar-refractivity contribution in [2.45, 2.75) is 32.7 Å². The van der Waals surface area contributed by atoms with Gasteiger partial charge in [0.1, 0.15) is 5.01 Å². The average Bonchev–Trinajstić information content (AvgIpc) is 2.85. The molecule has 1 fully saturated rings. The Hall–Kier alpha value is -1.43. The average molecular weight is 267 g/mol. The first-order chi connectivity index (χ1) is 8.69. The van der Waals surface area contributed by atoms with Crippen molar-refractivity contribution >= 4 is 23.2 Å². The van der Waals surface area contributed by atoms with Gasteiger partial charge in [0.15, 0.2) is 0 Å². The van der Waals surface area contributed by atoms with Crippen LogP contribution in [0.5, 0.6) is 0 Å². The second kappa shape index (κ2) is 5.95. The van der Waals surface area contributed by atoms with E-state index in [1.807, 2.05) is 6.20 Å². The molecule has 0 radical (unpaired) electrons. The van der Waals surface area contributed by atoms with Crippen LogP contribution in [0.3, 0.4) is 0 Å². The number of nitrogens with zero attached hydrogens (tertiary/aromatic N) is 1. The van der Waals surface area contributed by atoms with Crippen LogP contribution in [0.25, 0.3) is 0 Å². The minimum Gasteiger partial charge on any atom is -0.355 e. The molecule has 2 N–H and O–H groups in total. The van der Waals surface area contributed by atoms with Gasteiger partial charge in [-0.2, -0.15) is 0 Å². The summed E-state index contributed by atoms with van der Waals surface area (Å²) in [6, 6.07) is 0. The van der Waals surface area contributed by atoms with Gasteiger partial charge in [0.2, 0.25) is 11.8 Å². The molecule has 5 nitrogen and oxygen atoms in total. The minimum absolute atomic E-state index is 0.00301. The van der Waals surface area contributed by atoms with Crippen molar-refractivity contribution in [1.29, 1.82) is 0 Å². The molecule has 0 aliphatic carbocycles. The number of thiazole rings is 1. The molecule has 0 bridgehead atoms. The minimum atomic E-state index is -0.103. The summed E-state index contributed by atoms with van der Waals surface area (Å²) in [6.45, 7) is 3.01. The molecule has 1 aromatic heterocycles. The third kappa shape index (κ3) is 3.29. The summed E-state index contributed by atoms with van der Waals surface area (Å²) in [7, 11) is 0. The predicted molar refractivity (Wildman–Crippen MR) is 69.1 cm³/mol. The molecule has 98 valence electrons. The van der Waals surface area contributed by atoms with Gasteiger partial charge >= 0.3 is 0 Å². The van der Waals surface area contributed by atoms with Crippen LogP contribution < -0.4 is 10.6 Å². The van der Waals surface area contributed by atoms with Crippen LogP contribution in [-0.4, -0.2) is 23.3 Å². The van der Waals surface area contributed by atoms with Gasteiger partial charge in [-0.3, -0.25) is 9.59 Å². The highest BCUT2D eigenvalue weighted by molar-refractivity contribution is 7.11. The molecule has 1 aliphatic heterocycles. The van der Waals surface area contributed by atoms with E-state index < -0.39 is 0 Å². The van der Waals surface area contributed by atoms with Gasteiger partial charge < -0.3 is 10.6 Å². The fourth-order valence-electron chi connectivity index (χ4n) is 1.86. The molecular formula is C12H17N3O2S. The third-order valence-corrected chi connectivity index (χ3v) is 4.14. The zero-order valence-electron chi connectivity index (χ0n) is 10.4. The zero-order valence-corrected chi connectivity index (χ0v) is 11.2. The first-order valence-corrected chi connectivity index (χ1v) is 6.98. The normalized spacial score (nSPS) is 19.4. The fraction of sp³-hybridized carbons (Fsp3) is 0.583. The summed E-state index contributed by atoms with van der Waals surface area (Å²) in [5.41, 5.74) is 0. The number of hydrogen-bond acceptors (Lipinski definition) is 4. The number of aryl methyl sites for hydroxylation is 1. The molecule has 1 atom stereocenters. The van der Waals surface area contributed by atoms with Gasteiger partial charge in [-0.1, -0.05) is 6.92 Å². The van der Waals surface area contributed by atoms with Crippen LogP contribution in [-0.2, 0) is 22.6 Å². The van der Waals surface area contributed by atoms with Gasteiger partial charge in [0.25, 0.3) is 0 Å². The first kappa shape index (κ1) is 13.0. The first-order valence-electron chi connectivity index (χ1n) is 6.17. The van der Waals surface area contributed by atoms with E-state index in [2.05, 4.69) is 22.5 Å². The second-order valence-corrected chi connectivity index (χ2v) is 5.53. The third-order valence-electron chi connectivity index (χ3n) is 3.00. The highest BCUT2D eigenvalue weighted by Crippen LogP contribution is 2.14. The van der Waals surface area contributed by atoms with E-state index in [-0.39, 0.29) is 17.7 Å². The van der Waals surface area contributed by atoms with E-state index in [1.165, 1.54) is 4.88 Å². The SMILES string of the molecule is CCc1cnc(CNC(=O)C2CCC(=O)NC2)s1. The summed E-state index contributed by atoms with van der Waals surface area (Å²) in [4.78, 5) is 28.3. The van der Waals surface area contributed by atoms with Gasteiger partial charge in [-0.25, -0.2) is 4.98 Å². The fourth-order valence-corrected chi connectivity index (χ4v) is 2.66. The van der Waals surface area contributed by atoms with Crippen LogP contribution in [0, 0.1) is 5.92 Å². The summed E-state index contributed by atoms with van der Waals surface area (Å²) in [5.74, 6) is -0.0666. The van der Waals surface area contributed by atoms with Crippen molar-refractivity contribution in [3.8, 4) is 0 Å². The number of amides is 2. The molecule has 1 aromatic rings. The summed E-state index contributed by atoms with van der Waals surface area (Å²) in [6.07, 6.45) is 3.90. The number of carbonyl (C=O) groups is 2. The number of carbonyl (C=O) groups excluding carboxylic acids is 2. The second-order valence-electron chi connectivity index (χ2n) is 4.33. The molecule has 2 amide bonds. The van der Waals surface area contributed by atoms with Gasteiger partial charge in [-0.15, -0.1) is 11.3 Å². The maximum absolute atomic E-state index is 11.9. The number of nitrogens with one attached hydrogen (secondary N) is 2. The Morgan fingerprint density at radius 2 is 2.50 bits per heavy atom. The van der Waals surface area contributed by atoms with Crippen molar-refractivity contribution in [3.63, 3.8) is 0 Å². The van der Waals surface area contributed by atoms with Crippen molar-refractivity contribution in [2.24, 2.45) is 5.92 Å². The van der Waals surface area contributed by atoms with Crippen molar-refractivity contribution in [3.05, 3.63) is 16.1 Å². The maximum atomic E-state index is 11.9. The molecular weight excluding hydrogens is 250 g/mol. The van der Waals surface area contributed by atoms with Crippen LogP contribution in [0.4, 0.5) is 0 Å². The molecule has 0 aromatic carbocycles. The van der Waals surface area contributed by atoms with Crippen LogP contribution >= 0.6 is 11.3 Å². The summed E-state index contributed by atoms with van der Waals surface area (Å²) in [5, 5.41) is 6.52. The predicted octanol–water partition coefficient (Wildman–Crippen LogP) is 0.848. The quantitative estimate of drug-likeness (QED) is 0.849. The molecule has 2 rings (SSSR count). The van der Waals surface area contributed by atoms with Crippen LogP contribution in [0.1, 0.15) is 29.7 Å². The Morgan fingerprint density at radius 1 is 1.67 bits per heavy atom. The van der Waals surface area contributed by atoms with Crippen molar-refractivity contribution in [1.82, 2.24) is 15.6 Å². The number of piperidine rings is 1. The van der Waals surface area contributed by atoms with Crippen LogP contribution in [0.15, 0.2) is 6.20 Å². The zero-order chi connectivity index (χ0) is 13.0. The summed E-state index contributed by atoms with van der Waals surface area (Å²) >= 11 is 1.63. The Kier molecular flexibility index (Phi) is 4.30. The lowest BCUT2D eigenvalue weighted by atomic mass is 9.98. The van der Waals surface area contributed by atoms with E-state index in [0.717, 1.165) is 11.4 Å². The lowest BCUT2D eigenvalue weighted by Gasteiger charge is -2.21. The smallest absolute Gasteiger partial charge is 0.225 e. The number of aromatic nitrogens is 1. The Bertz CT molecular complexity index is 434. The lowest BCUT2D eigenvalue weighted by Crippen LogP contribution is -2.42. The Balaban J connectivity index is 1.79. The number of hydrogen-bond donors (Lipinski definition) is 2. The van der Waals surface area contributed by atoms with E-state index in [0.29, 0.717) is 25.9 Å². The standard InChI is InChI=1S/C12H17N3O2S/c1-2-9-6-14-11(18-9)7-15-12(17)8-3-4-10(16)13-5-8/h6,8H,2-5,7H2,1H3,(H,13,16)(H,15,17). The molecule has 1 unspecified atom stereocenters. The Labute approximate surface area is 110 Å². The highest BCUT2D eigenvalue weighted by atomic mass is 32.1. The van der Waals surface area contributed by atoms with E-state index in [9.17, 15) is 9.59 Å².